The molecule has 1 aliphatic heterocycles. The van der Waals surface area contributed by atoms with Crippen LogP contribution in [-0.2, 0) is 11.3 Å². The molecular formula is C11H17N3O2. The summed E-state index contributed by atoms with van der Waals surface area (Å²) in [4.78, 5) is 15.9. The van der Waals surface area contributed by atoms with Crippen molar-refractivity contribution in [3.63, 3.8) is 0 Å². The highest BCUT2D eigenvalue weighted by molar-refractivity contribution is 5.81. The molecule has 2 N–H and O–H groups in total. The van der Waals surface area contributed by atoms with E-state index in [9.17, 15) is 4.79 Å². The number of rotatable bonds is 3. The van der Waals surface area contributed by atoms with Crippen molar-refractivity contribution in [2.45, 2.75) is 39.3 Å². The standard InChI is InChI=1S/C11H17N3O2/c1-7-8(2)16-10(14-7)6-13-11(15)9-4-3-5-12-9/h9,12H,3-6H2,1-2H3,(H,13,15)/t9-/m1/s1. The summed E-state index contributed by atoms with van der Waals surface area (Å²) in [5.74, 6) is 1.41. The van der Waals surface area contributed by atoms with E-state index < -0.39 is 0 Å². The normalized spacial score (nSPS) is 20.0. The Morgan fingerprint density at radius 3 is 3.00 bits per heavy atom. The lowest BCUT2D eigenvalue weighted by Gasteiger charge is -2.09. The molecule has 5 nitrogen and oxygen atoms in total. The van der Waals surface area contributed by atoms with E-state index in [2.05, 4.69) is 15.6 Å². The molecule has 2 heterocycles. The largest absolute Gasteiger partial charge is 0.444 e. The van der Waals surface area contributed by atoms with Crippen LogP contribution < -0.4 is 10.6 Å². The summed E-state index contributed by atoms with van der Waals surface area (Å²) in [7, 11) is 0. The molecule has 0 radical (unpaired) electrons. The summed E-state index contributed by atoms with van der Waals surface area (Å²) >= 11 is 0. The van der Waals surface area contributed by atoms with Gasteiger partial charge in [0.15, 0.2) is 0 Å². The first-order valence-electron chi connectivity index (χ1n) is 5.61. The van der Waals surface area contributed by atoms with Crippen LogP contribution in [0.5, 0.6) is 0 Å². The van der Waals surface area contributed by atoms with Gasteiger partial charge in [-0.3, -0.25) is 4.79 Å². The Labute approximate surface area is 94.6 Å². The van der Waals surface area contributed by atoms with Crippen molar-refractivity contribution in [3.05, 3.63) is 17.3 Å². The molecule has 88 valence electrons. The first-order chi connectivity index (χ1) is 7.66. The maximum absolute atomic E-state index is 11.7. The molecule has 0 saturated carbocycles. The Hall–Kier alpha value is -1.36. The number of amides is 1. The summed E-state index contributed by atoms with van der Waals surface area (Å²) in [6.07, 6.45) is 1.98. The monoisotopic (exact) mass is 223 g/mol. The number of aromatic nitrogens is 1. The molecule has 2 rings (SSSR count). The van der Waals surface area contributed by atoms with E-state index in [1.165, 1.54) is 0 Å². The lowest BCUT2D eigenvalue weighted by atomic mass is 10.2. The number of nitrogens with one attached hydrogen (secondary N) is 2. The Bertz CT molecular complexity index is 361. The first kappa shape index (κ1) is 11.1. The number of hydrogen-bond donors (Lipinski definition) is 2. The fourth-order valence-electron chi connectivity index (χ4n) is 1.81. The summed E-state index contributed by atoms with van der Waals surface area (Å²) < 4.78 is 5.38. The van der Waals surface area contributed by atoms with Gasteiger partial charge >= 0.3 is 0 Å². The van der Waals surface area contributed by atoms with Gasteiger partial charge in [-0.05, 0) is 33.2 Å². The summed E-state index contributed by atoms with van der Waals surface area (Å²) in [6, 6.07) is -0.0443. The predicted octanol–water partition coefficient (Wildman–Crippen LogP) is 0.660. The van der Waals surface area contributed by atoms with Gasteiger partial charge < -0.3 is 15.1 Å². The van der Waals surface area contributed by atoms with E-state index in [0.29, 0.717) is 12.4 Å². The molecule has 1 fully saturated rings. The Kier molecular flexibility index (Phi) is 3.24. The lowest BCUT2D eigenvalue weighted by Crippen LogP contribution is -2.40. The van der Waals surface area contributed by atoms with Crippen LogP contribution in [0.1, 0.15) is 30.2 Å². The van der Waals surface area contributed by atoms with Gasteiger partial charge in [0.25, 0.3) is 0 Å². The van der Waals surface area contributed by atoms with Crippen molar-refractivity contribution in [3.8, 4) is 0 Å². The summed E-state index contributed by atoms with van der Waals surface area (Å²) in [5, 5.41) is 5.97. The molecule has 5 heteroatoms. The average molecular weight is 223 g/mol. The molecule has 0 unspecified atom stereocenters. The molecule has 0 bridgehead atoms. The third-order valence-electron chi connectivity index (χ3n) is 2.86. The molecule has 1 aromatic rings. The highest BCUT2D eigenvalue weighted by atomic mass is 16.4. The van der Waals surface area contributed by atoms with Crippen LogP contribution in [0.4, 0.5) is 0 Å². The molecule has 0 spiro atoms. The van der Waals surface area contributed by atoms with Crippen LogP contribution in [-0.4, -0.2) is 23.5 Å². The highest BCUT2D eigenvalue weighted by Crippen LogP contribution is 2.08. The zero-order valence-electron chi connectivity index (χ0n) is 9.67. The van der Waals surface area contributed by atoms with Gasteiger partial charge in [0.2, 0.25) is 11.8 Å². The molecule has 0 aromatic carbocycles. The van der Waals surface area contributed by atoms with Gasteiger partial charge in [-0.2, -0.15) is 0 Å². The number of oxazole rings is 1. The molecule has 1 atom stereocenters. The second kappa shape index (κ2) is 4.65. The van der Waals surface area contributed by atoms with Crippen molar-refractivity contribution >= 4 is 5.91 Å². The molecule has 1 aliphatic rings. The zero-order chi connectivity index (χ0) is 11.5. The maximum atomic E-state index is 11.7. The van der Waals surface area contributed by atoms with Crippen LogP contribution in [0.3, 0.4) is 0 Å². The van der Waals surface area contributed by atoms with Crippen LogP contribution in [0, 0.1) is 13.8 Å². The number of hydrogen-bond acceptors (Lipinski definition) is 4. The summed E-state index contributed by atoms with van der Waals surface area (Å²) in [6.45, 7) is 5.05. The summed E-state index contributed by atoms with van der Waals surface area (Å²) in [5.41, 5.74) is 0.878. The van der Waals surface area contributed by atoms with E-state index in [4.69, 9.17) is 4.42 Å². The molecule has 1 aromatic heterocycles. The Morgan fingerprint density at radius 2 is 2.44 bits per heavy atom. The van der Waals surface area contributed by atoms with Gasteiger partial charge in [-0.25, -0.2) is 4.98 Å². The van der Waals surface area contributed by atoms with Crippen molar-refractivity contribution in [1.29, 1.82) is 0 Å². The lowest BCUT2D eigenvalue weighted by molar-refractivity contribution is -0.123. The van der Waals surface area contributed by atoms with Gasteiger partial charge in [0, 0.05) is 0 Å². The SMILES string of the molecule is Cc1nc(CNC(=O)[C@H]2CCCN2)oc1C. The van der Waals surface area contributed by atoms with Gasteiger partial charge in [-0.1, -0.05) is 0 Å². The van der Waals surface area contributed by atoms with E-state index in [0.717, 1.165) is 30.8 Å². The highest BCUT2D eigenvalue weighted by Gasteiger charge is 2.21. The van der Waals surface area contributed by atoms with E-state index in [1.807, 2.05) is 13.8 Å². The molecule has 0 aliphatic carbocycles. The minimum Gasteiger partial charge on any atom is -0.444 e. The number of carbonyl (C=O) groups excluding carboxylic acids is 1. The fourth-order valence-corrected chi connectivity index (χ4v) is 1.81. The first-order valence-corrected chi connectivity index (χ1v) is 5.61. The van der Waals surface area contributed by atoms with Crippen LogP contribution in [0.15, 0.2) is 4.42 Å². The third-order valence-corrected chi connectivity index (χ3v) is 2.86. The van der Waals surface area contributed by atoms with Crippen molar-refractivity contribution in [2.75, 3.05) is 6.54 Å². The minimum absolute atomic E-state index is 0.0333. The Balaban J connectivity index is 1.84. The molecular weight excluding hydrogens is 206 g/mol. The van der Waals surface area contributed by atoms with Crippen LogP contribution in [0.2, 0.25) is 0 Å². The van der Waals surface area contributed by atoms with Gasteiger partial charge in [-0.15, -0.1) is 0 Å². The van der Waals surface area contributed by atoms with Crippen molar-refractivity contribution in [1.82, 2.24) is 15.6 Å². The van der Waals surface area contributed by atoms with E-state index >= 15 is 0 Å². The predicted molar refractivity (Wildman–Crippen MR) is 58.8 cm³/mol. The van der Waals surface area contributed by atoms with Crippen LogP contribution in [0.25, 0.3) is 0 Å². The number of aryl methyl sites for hydroxylation is 2. The number of carbonyl (C=O) groups is 1. The molecule has 1 saturated heterocycles. The topological polar surface area (TPSA) is 67.2 Å². The van der Waals surface area contributed by atoms with Crippen molar-refractivity contribution in [2.24, 2.45) is 0 Å². The third kappa shape index (κ3) is 2.41. The maximum Gasteiger partial charge on any atom is 0.237 e. The molecule has 1 amide bonds. The van der Waals surface area contributed by atoms with Crippen LogP contribution >= 0.6 is 0 Å². The quantitative estimate of drug-likeness (QED) is 0.790. The second-order valence-corrected chi connectivity index (χ2v) is 4.12. The zero-order valence-corrected chi connectivity index (χ0v) is 9.67. The minimum atomic E-state index is -0.0443. The van der Waals surface area contributed by atoms with Crippen molar-refractivity contribution < 1.29 is 9.21 Å². The molecule has 16 heavy (non-hydrogen) atoms. The van der Waals surface area contributed by atoms with Gasteiger partial charge in [0.1, 0.15) is 5.76 Å². The fraction of sp³-hybridized carbons (Fsp3) is 0.636. The second-order valence-electron chi connectivity index (χ2n) is 4.12. The average Bonchev–Trinajstić information content (AvgIpc) is 2.86. The van der Waals surface area contributed by atoms with Gasteiger partial charge in [0.05, 0.1) is 18.3 Å². The number of nitrogens with zero attached hydrogens (tertiary/aromatic N) is 1. The van der Waals surface area contributed by atoms with E-state index in [1.54, 1.807) is 0 Å². The smallest absolute Gasteiger partial charge is 0.237 e. The van der Waals surface area contributed by atoms with E-state index in [-0.39, 0.29) is 11.9 Å². The Morgan fingerprint density at radius 1 is 1.62 bits per heavy atom.